The zero-order valence-corrected chi connectivity index (χ0v) is 10.3. The van der Waals surface area contributed by atoms with Gasteiger partial charge in [-0.05, 0) is 12.3 Å². The summed E-state index contributed by atoms with van der Waals surface area (Å²) in [4.78, 5) is 4.25. The summed E-state index contributed by atoms with van der Waals surface area (Å²) in [5, 5.41) is 3.87. The second kappa shape index (κ2) is 6.60. The Morgan fingerprint density at radius 2 is 2.12 bits per heavy atom. The summed E-state index contributed by atoms with van der Waals surface area (Å²) < 4.78 is 10.4. The van der Waals surface area contributed by atoms with Gasteiger partial charge in [0.05, 0.1) is 19.1 Å². The number of hydrogen-bond acceptors (Lipinski definition) is 5. The SMILES string of the molecule is CCCOCCc1nc(C(N)C(C)C)no1. The van der Waals surface area contributed by atoms with Gasteiger partial charge in [-0.1, -0.05) is 25.9 Å². The van der Waals surface area contributed by atoms with Crippen molar-refractivity contribution in [2.24, 2.45) is 11.7 Å². The summed E-state index contributed by atoms with van der Waals surface area (Å²) >= 11 is 0. The summed E-state index contributed by atoms with van der Waals surface area (Å²) in [6, 6.07) is -0.158. The number of rotatable bonds is 7. The molecular weight excluding hydrogens is 206 g/mol. The standard InChI is InChI=1S/C11H21N3O2/c1-4-6-15-7-5-9-13-11(14-16-9)10(12)8(2)3/h8,10H,4-7,12H2,1-3H3. The highest BCUT2D eigenvalue weighted by Gasteiger charge is 2.17. The van der Waals surface area contributed by atoms with E-state index >= 15 is 0 Å². The summed E-state index contributed by atoms with van der Waals surface area (Å²) in [5.41, 5.74) is 5.91. The van der Waals surface area contributed by atoms with E-state index in [0.717, 1.165) is 13.0 Å². The molecule has 5 heteroatoms. The minimum atomic E-state index is -0.158. The molecule has 92 valence electrons. The van der Waals surface area contributed by atoms with Crippen LogP contribution in [0.3, 0.4) is 0 Å². The van der Waals surface area contributed by atoms with Crippen molar-refractivity contribution in [3.05, 3.63) is 11.7 Å². The van der Waals surface area contributed by atoms with Crippen molar-refractivity contribution >= 4 is 0 Å². The van der Waals surface area contributed by atoms with Crippen molar-refractivity contribution in [3.8, 4) is 0 Å². The molecule has 0 aliphatic carbocycles. The molecule has 0 aromatic carbocycles. The number of hydrogen-bond donors (Lipinski definition) is 1. The quantitative estimate of drug-likeness (QED) is 0.717. The van der Waals surface area contributed by atoms with Crippen molar-refractivity contribution < 1.29 is 9.26 Å². The Kier molecular flexibility index (Phi) is 5.42. The van der Waals surface area contributed by atoms with Gasteiger partial charge in [0.1, 0.15) is 0 Å². The van der Waals surface area contributed by atoms with Gasteiger partial charge >= 0.3 is 0 Å². The fourth-order valence-electron chi connectivity index (χ4n) is 1.21. The van der Waals surface area contributed by atoms with E-state index in [4.69, 9.17) is 15.0 Å². The number of aromatic nitrogens is 2. The van der Waals surface area contributed by atoms with Gasteiger partial charge in [0.2, 0.25) is 5.89 Å². The summed E-state index contributed by atoms with van der Waals surface area (Å²) in [7, 11) is 0. The van der Waals surface area contributed by atoms with Gasteiger partial charge in [0, 0.05) is 6.61 Å². The van der Waals surface area contributed by atoms with Gasteiger partial charge in [0.15, 0.2) is 5.82 Å². The topological polar surface area (TPSA) is 74.2 Å². The molecule has 5 nitrogen and oxygen atoms in total. The van der Waals surface area contributed by atoms with Crippen LogP contribution in [0.4, 0.5) is 0 Å². The second-order valence-electron chi connectivity index (χ2n) is 4.18. The molecule has 1 heterocycles. The van der Waals surface area contributed by atoms with E-state index in [1.165, 1.54) is 0 Å². The lowest BCUT2D eigenvalue weighted by atomic mass is 10.1. The molecule has 0 radical (unpaired) electrons. The largest absolute Gasteiger partial charge is 0.381 e. The Morgan fingerprint density at radius 1 is 1.38 bits per heavy atom. The van der Waals surface area contributed by atoms with Gasteiger partial charge in [-0.2, -0.15) is 4.98 Å². The Labute approximate surface area is 96.4 Å². The van der Waals surface area contributed by atoms with Gasteiger partial charge in [-0.25, -0.2) is 0 Å². The van der Waals surface area contributed by atoms with Crippen LogP contribution in [-0.2, 0) is 11.2 Å². The van der Waals surface area contributed by atoms with E-state index in [9.17, 15) is 0 Å². The smallest absolute Gasteiger partial charge is 0.229 e. The molecule has 0 aliphatic rings. The molecule has 0 aliphatic heterocycles. The zero-order chi connectivity index (χ0) is 12.0. The van der Waals surface area contributed by atoms with E-state index in [1.54, 1.807) is 0 Å². The molecule has 0 spiro atoms. The molecule has 0 saturated heterocycles. The van der Waals surface area contributed by atoms with Crippen LogP contribution in [0.2, 0.25) is 0 Å². The van der Waals surface area contributed by atoms with Crippen LogP contribution in [-0.4, -0.2) is 23.4 Å². The average Bonchev–Trinajstić information content (AvgIpc) is 2.72. The monoisotopic (exact) mass is 227 g/mol. The molecule has 0 bridgehead atoms. The number of ether oxygens (including phenoxy) is 1. The van der Waals surface area contributed by atoms with Crippen molar-refractivity contribution in [1.82, 2.24) is 10.1 Å². The Bertz CT molecular complexity index is 299. The predicted molar refractivity (Wildman–Crippen MR) is 60.9 cm³/mol. The molecule has 0 fully saturated rings. The van der Waals surface area contributed by atoms with Crippen LogP contribution in [0.5, 0.6) is 0 Å². The lowest BCUT2D eigenvalue weighted by molar-refractivity contribution is 0.132. The third-order valence-corrected chi connectivity index (χ3v) is 2.31. The molecule has 2 N–H and O–H groups in total. The van der Waals surface area contributed by atoms with Crippen molar-refractivity contribution in [2.75, 3.05) is 13.2 Å². The number of nitrogens with two attached hydrogens (primary N) is 1. The molecule has 1 atom stereocenters. The molecule has 1 aromatic heterocycles. The Morgan fingerprint density at radius 3 is 2.75 bits per heavy atom. The first kappa shape index (κ1) is 13.1. The van der Waals surface area contributed by atoms with Crippen LogP contribution in [0.15, 0.2) is 4.52 Å². The number of nitrogens with zero attached hydrogens (tertiary/aromatic N) is 2. The van der Waals surface area contributed by atoms with Crippen LogP contribution in [0.25, 0.3) is 0 Å². The van der Waals surface area contributed by atoms with Crippen molar-refractivity contribution in [3.63, 3.8) is 0 Å². The van der Waals surface area contributed by atoms with Gasteiger partial charge < -0.3 is 15.0 Å². The average molecular weight is 227 g/mol. The summed E-state index contributed by atoms with van der Waals surface area (Å²) in [5.74, 6) is 1.49. The van der Waals surface area contributed by atoms with Crippen LogP contribution < -0.4 is 5.73 Å². The zero-order valence-electron chi connectivity index (χ0n) is 10.3. The highest BCUT2D eigenvalue weighted by atomic mass is 16.5. The van der Waals surface area contributed by atoms with Crippen LogP contribution in [0, 0.1) is 5.92 Å². The third-order valence-electron chi connectivity index (χ3n) is 2.31. The minimum absolute atomic E-state index is 0.158. The molecule has 1 rings (SSSR count). The van der Waals surface area contributed by atoms with Crippen LogP contribution >= 0.6 is 0 Å². The maximum atomic E-state index is 5.91. The van der Waals surface area contributed by atoms with Crippen molar-refractivity contribution in [2.45, 2.75) is 39.7 Å². The lowest BCUT2D eigenvalue weighted by Crippen LogP contribution is -2.18. The fourth-order valence-corrected chi connectivity index (χ4v) is 1.21. The van der Waals surface area contributed by atoms with E-state index < -0.39 is 0 Å². The second-order valence-corrected chi connectivity index (χ2v) is 4.18. The van der Waals surface area contributed by atoms with E-state index in [1.807, 2.05) is 13.8 Å². The molecule has 0 amide bonds. The first-order chi connectivity index (χ1) is 7.65. The first-order valence-electron chi connectivity index (χ1n) is 5.81. The molecule has 1 aromatic rings. The minimum Gasteiger partial charge on any atom is -0.381 e. The summed E-state index contributed by atoms with van der Waals surface area (Å²) in [6.07, 6.45) is 1.67. The Hall–Kier alpha value is -0.940. The van der Waals surface area contributed by atoms with Gasteiger partial charge in [-0.15, -0.1) is 0 Å². The van der Waals surface area contributed by atoms with E-state index in [2.05, 4.69) is 17.1 Å². The fraction of sp³-hybridized carbons (Fsp3) is 0.818. The van der Waals surface area contributed by atoms with Crippen molar-refractivity contribution in [1.29, 1.82) is 0 Å². The normalized spacial score (nSPS) is 13.3. The van der Waals surface area contributed by atoms with Gasteiger partial charge in [0.25, 0.3) is 0 Å². The molecule has 1 unspecified atom stereocenters. The van der Waals surface area contributed by atoms with Gasteiger partial charge in [-0.3, -0.25) is 0 Å². The highest BCUT2D eigenvalue weighted by Crippen LogP contribution is 2.15. The molecule has 0 saturated carbocycles. The molecule has 16 heavy (non-hydrogen) atoms. The van der Waals surface area contributed by atoms with E-state index in [0.29, 0.717) is 30.7 Å². The maximum absolute atomic E-state index is 5.91. The maximum Gasteiger partial charge on any atom is 0.229 e. The Balaban J connectivity index is 2.39. The van der Waals surface area contributed by atoms with Crippen LogP contribution in [0.1, 0.15) is 44.9 Å². The highest BCUT2D eigenvalue weighted by molar-refractivity contribution is 4.94. The summed E-state index contributed by atoms with van der Waals surface area (Å²) in [6.45, 7) is 7.53. The molecular formula is C11H21N3O2. The predicted octanol–water partition coefficient (Wildman–Crippen LogP) is 1.69. The lowest BCUT2D eigenvalue weighted by Gasteiger charge is -2.09. The van der Waals surface area contributed by atoms with E-state index in [-0.39, 0.29) is 6.04 Å². The first-order valence-corrected chi connectivity index (χ1v) is 5.81. The third kappa shape index (κ3) is 3.90.